The van der Waals surface area contributed by atoms with Crippen molar-refractivity contribution in [1.82, 2.24) is 5.32 Å². The molecule has 0 radical (unpaired) electrons. The minimum atomic E-state index is -3.84. The average molecular weight is 571 g/mol. The average Bonchev–Trinajstić information content (AvgIpc) is 3.52. The summed E-state index contributed by atoms with van der Waals surface area (Å²) in [7, 11) is -3.84. The minimum Gasteiger partial charge on any atom is -0.491 e. The second-order valence-electron chi connectivity index (χ2n) is 8.92. The van der Waals surface area contributed by atoms with Crippen molar-refractivity contribution in [1.29, 1.82) is 5.26 Å². The topological polar surface area (TPSA) is 113 Å². The van der Waals surface area contributed by atoms with Crippen molar-refractivity contribution in [2.45, 2.75) is 17.4 Å². The van der Waals surface area contributed by atoms with Crippen LogP contribution in [-0.4, -0.2) is 27.6 Å². The van der Waals surface area contributed by atoms with Gasteiger partial charge in [-0.1, -0.05) is 54.1 Å². The number of nitrogens with one attached hydrogen (secondary N) is 2. The quantitative estimate of drug-likeness (QED) is 0.200. The van der Waals surface area contributed by atoms with E-state index in [4.69, 9.17) is 13.9 Å². The SMILES string of the molecule is Cc1ccc(S(=O)(=O)OCCOc2ccc(NC3=NC(c4ccccc4)(c4cccs4)C(C#N)=CN3)cc2)cc1. The van der Waals surface area contributed by atoms with E-state index in [2.05, 4.69) is 16.7 Å². The molecule has 0 saturated heterocycles. The predicted octanol–water partition coefficient (Wildman–Crippen LogP) is 5.56. The molecule has 1 aliphatic heterocycles. The van der Waals surface area contributed by atoms with Gasteiger partial charge in [0, 0.05) is 16.8 Å². The number of nitriles is 1. The number of aryl methyl sites for hydroxylation is 1. The molecule has 5 rings (SSSR count). The summed E-state index contributed by atoms with van der Waals surface area (Å²) in [6.45, 7) is 1.83. The Bertz CT molecular complexity index is 1660. The van der Waals surface area contributed by atoms with E-state index in [0.29, 0.717) is 17.3 Å². The summed E-state index contributed by atoms with van der Waals surface area (Å²) >= 11 is 1.54. The number of ether oxygens (including phenoxy) is 1. The van der Waals surface area contributed by atoms with E-state index in [-0.39, 0.29) is 18.1 Å². The van der Waals surface area contributed by atoms with Gasteiger partial charge in [0.25, 0.3) is 10.1 Å². The Morgan fingerprint density at radius 2 is 1.73 bits per heavy atom. The van der Waals surface area contributed by atoms with Gasteiger partial charge in [0.2, 0.25) is 5.96 Å². The molecule has 2 heterocycles. The van der Waals surface area contributed by atoms with Gasteiger partial charge in [-0.15, -0.1) is 11.3 Å². The summed E-state index contributed by atoms with van der Waals surface area (Å²) in [5.74, 6) is 1.05. The van der Waals surface area contributed by atoms with Gasteiger partial charge in [-0.05, 0) is 60.3 Å². The fraction of sp³-hybridized carbons (Fsp3) is 0.133. The molecule has 0 spiro atoms. The molecule has 1 aromatic heterocycles. The van der Waals surface area contributed by atoms with Crippen LogP contribution in [0.3, 0.4) is 0 Å². The van der Waals surface area contributed by atoms with Gasteiger partial charge in [0.1, 0.15) is 19.0 Å². The Labute approximate surface area is 237 Å². The molecule has 0 bridgehead atoms. The van der Waals surface area contributed by atoms with E-state index >= 15 is 0 Å². The highest BCUT2D eigenvalue weighted by molar-refractivity contribution is 7.86. The number of rotatable bonds is 9. The smallest absolute Gasteiger partial charge is 0.297 e. The molecule has 0 fully saturated rings. The Morgan fingerprint density at radius 3 is 2.40 bits per heavy atom. The van der Waals surface area contributed by atoms with E-state index in [1.54, 1.807) is 41.8 Å². The van der Waals surface area contributed by atoms with Gasteiger partial charge >= 0.3 is 0 Å². The molecule has 8 nitrogen and oxygen atoms in total. The zero-order valence-corrected chi connectivity index (χ0v) is 23.2. The van der Waals surface area contributed by atoms with Crippen LogP contribution in [0.4, 0.5) is 5.69 Å². The van der Waals surface area contributed by atoms with Gasteiger partial charge in [-0.25, -0.2) is 4.99 Å². The third-order valence-corrected chi connectivity index (χ3v) is 8.53. The van der Waals surface area contributed by atoms with E-state index in [0.717, 1.165) is 21.7 Å². The molecule has 2 N–H and O–H groups in total. The normalized spacial score (nSPS) is 16.7. The summed E-state index contributed by atoms with van der Waals surface area (Å²) in [6.07, 6.45) is 1.68. The van der Waals surface area contributed by atoms with Crippen molar-refractivity contribution in [3.63, 3.8) is 0 Å². The second-order valence-corrected chi connectivity index (χ2v) is 11.5. The third kappa shape index (κ3) is 5.77. The van der Waals surface area contributed by atoms with Gasteiger partial charge in [-0.3, -0.25) is 4.18 Å². The molecule has 1 aliphatic rings. The van der Waals surface area contributed by atoms with Crippen LogP contribution in [0.25, 0.3) is 0 Å². The highest BCUT2D eigenvalue weighted by atomic mass is 32.2. The first-order chi connectivity index (χ1) is 19.4. The lowest BCUT2D eigenvalue weighted by Crippen LogP contribution is -2.39. The first-order valence-corrected chi connectivity index (χ1v) is 14.7. The Kier molecular flexibility index (Phi) is 7.98. The molecular weight excluding hydrogens is 544 g/mol. The number of thiophene rings is 1. The van der Waals surface area contributed by atoms with Crippen molar-refractivity contribution in [2.75, 3.05) is 18.5 Å². The van der Waals surface area contributed by atoms with E-state index in [1.165, 1.54) is 12.1 Å². The Morgan fingerprint density at radius 1 is 0.975 bits per heavy atom. The summed E-state index contributed by atoms with van der Waals surface area (Å²) in [5.41, 5.74) is 2.12. The molecule has 0 aliphatic carbocycles. The first-order valence-electron chi connectivity index (χ1n) is 12.4. The maximum Gasteiger partial charge on any atom is 0.297 e. The number of nitrogens with zero attached hydrogens (tertiary/aromatic N) is 2. The van der Waals surface area contributed by atoms with Crippen LogP contribution in [-0.2, 0) is 19.8 Å². The van der Waals surface area contributed by atoms with Gasteiger partial charge in [0.15, 0.2) is 5.54 Å². The maximum atomic E-state index is 12.3. The number of aliphatic imine (C=N–C) groups is 1. The van der Waals surface area contributed by atoms with Crippen LogP contribution >= 0.6 is 11.3 Å². The fourth-order valence-electron chi connectivity index (χ4n) is 4.24. The predicted molar refractivity (Wildman–Crippen MR) is 156 cm³/mol. The zero-order valence-electron chi connectivity index (χ0n) is 21.6. The van der Waals surface area contributed by atoms with Crippen molar-refractivity contribution in [3.05, 3.63) is 124 Å². The number of guanidine groups is 1. The lowest BCUT2D eigenvalue weighted by atomic mass is 9.82. The fourth-order valence-corrected chi connectivity index (χ4v) is 6.04. The maximum absolute atomic E-state index is 12.3. The van der Waals surface area contributed by atoms with Crippen LogP contribution in [0.1, 0.15) is 16.0 Å². The molecule has 202 valence electrons. The van der Waals surface area contributed by atoms with Crippen LogP contribution in [0, 0.1) is 18.3 Å². The van der Waals surface area contributed by atoms with E-state index in [1.807, 2.05) is 66.9 Å². The molecule has 1 atom stereocenters. The van der Waals surface area contributed by atoms with Crippen LogP contribution in [0.5, 0.6) is 5.75 Å². The molecule has 3 aromatic carbocycles. The highest BCUT2D eigenvalue weighted by Gasteiger charge is 2.42. The van der Waals surface area contributed by atoms with Gasteiger partial charge in [-0.2, -0.15) is 13.7 Å². The Balaban J connectivity index is 1.25. The molecule has 0 amide bonds. The summed E-state index contributed by atoms with van der Waals surface area (Å²) < 4.78 is 35.4. The number of benzene rings is 3. The molecular formula is C30H26N4O4S2. The molecule has 0 saturated carbocycles. The lowest BCUT2D eigenvalue weighted by molar-refractivity contribution is 0.221. The van der Waals surface area contributed by atoms with Gasteiger partial charge < -0.3 is 15.4 Å². The van der Waals surface area contributed by atoms with Crippen molar-refractivity contribution in [2.24, 2.45) is 4.99 Å². The third-order valence-electron chi connectivity index (χ3n) is 6.23. The summed E-state index contributed by atoms with van der Waals surface area (Å²) in [6, 6.07) is 29.7. The van der Waals surface area contributed by atoms with Crippen molar-refractivity contribution >= 4 is 33.1 Å². The largest absolute Gasteiger partial charge is 0.491 e. The number of hydrogen-bond acceptors (Lipinski definition) is 9. The van der Waals surface area contributed by atoms with E-state index in [9.17, 15) is 13.7 Å². The number of hydrogen-bond donors (Lipinski definition) is 2. The Hall–Kier alpha value is -4.43. The standard InChI is InChI=1S/C30H26N4O4S2/c1-22-9-15-27(16-10-22)40(35,36)38-18-17-37-26-13-11-25(12-14-26)33-29-32-21-24(20-31)30(34-29,28-8-5-19-39-28)23-6-3-2-4-7-23/h2-16,19,21H,17-18H2,1H3,(H2,32,33,34). The van der Waals surface area contributed by atoms with Gasteiger partial charge in [0.05, 0.1) is 16.5 Å². The van der Waals surface area contributed by atoms with Crippen LogP contribution in [0.15, 0.2) is 118 Å². The molecule has 4 aromatic rings. The first kappa shape index (κ1) is 27.1. The number of anilines is 1. The monoisotopic (exact) mass is 570 g/mol. The molecule has 40 heavy (non-hydrogen) atoms. The van der Waals surface area contributed by atoms with Crippen molar-refractivity contribution in [3.8, 4) is 11.8 Å². The second kappa shape index (κ2) is 11.8. The summed E-state index contributed by atoms with van der Waals surface area (Å²) in [5, 5.41) is 18.3. The summed E-state index contributed by atoms with van der Waals surface area (Å²) in [4.78, 5) is 6.06. The lowest BCUT2D eigenvalue weighted by Gasteiger charge is -2.33. The van der Waals surface area contributed by atoms with Crippen LogP contribution in [0.2, 0.25) is 0 Å². The minimum absolute atomic E-state index is 0.0638. The molecule has 10 heteroatoms. The molecule has 1 unspecified atom stereocenters. The van der Waals surface area contributed by atoms with Crippen LogP contribution < -0.4 is 15.4 Å². The zero-order chi connectivity index (χ0) is 28.0. The van der Waals surface area contributed by atoms with E-state index < -0.39 is 15.7 Å². The van der Waals surface area contributed by atoms with Crippen molar-refractivity contribution < 1.29 is 17.3 Å². The highest BCUT2D eigenvalue weighted by Crippen LogP contribution is 2.43.